The molecule has 0 radical (unpaired) electrons. The van der Waals surface area contributed by atoms with Crippen LogP contribution < -0.4 is 5.32 Å². The Hall–Kier alpha value is -0.0800. The highest BCUT2D eigenvalue weighted by atomic mass is 35.5. The van der Waals surface area contributed by atoms with Gasteiger partial charge >= 0.3 is 0 Å². The van der Waals surface area contributed by atoms with E-state index in [1.165, 1.54) is 0 Å². The molecule has 1 fully saturated rings. The summed E-state index contributed by atoms with van der Waals surface area (Å²) in [6.07, 6.45) is 1.29. The molecule has 0 amide bonds. The van der Waals surface area contributed by atoms with Crippen molar-refractivity contribution in [2.24, 2.45) is 5.92 Å². The van der Waals surface area contributed by atoms with E-state index in [9.17, 15) is 4.79 Å². The Bertz CT molecular complexity index is 244. The van der Waals surface area contributed by atoms with Gasteiger partial charge in [0.1, 0.15) is 5.78 Å². The van der Waals surface area contributed by atoms with Gasteiger partial charge in [-0.1, -0.05) is 6.92 Å². The quantitative estimate of drug-likeness (QED) is 0.744. The third kappa shape index (κ3) is 3.55. The lowest BCUT2D eigenvalue weighted by Crippen LogP contribution is -2.31. The van der Waals surface area contributed by atoms with Crippen molar-refractivity contribution < 1.29 is 10.3 Å². The first-order valence-electron chi connectivity index (χ1n) is 6.08. The largest absolute Gasteiger partial charge is 0.317 e. The normalized spacial score (nSPS) is 31.8. The molecule has 0 aromatic carbocycles. The van der Waals surface area contributed by atoms with Gasteiger partial charge in [0.2, 0.25) is 0 Å². The molecule has 0 bridgehead atoms. The van der Waals surface area contributed by atoms with Gasteiger partial charge in [0.25, 0.3) is 0 Å². The lowest BCUT2D eigenvalue weighted by molar-refractivity contribution is -0.123. The molecule has 1 N–H and O–H groups in total. The van der Waals surface area contributed by atoms with Crippen LogP contribution >= 0.6 is 12.4 Å². The third-order valence-electron chi connectivity index (χ3n) is 1.83. The van der Waals surface area contributed by atoms with Crippen molar-refractivity contribution in [2.75, 3.05) is 13.0 Å². The highest BCUT2D eigenvalue weighted by molar-refractivity contribution is 5.85. The fourth-order valence-corrected chi connectivity index (χ4v) is 1.16. The van der Waals surface area contributed by atoms with E-state index in [1.807, 2.05) is 6.92 Å². The number of rotatable bonds is 3. The van der Waals surface area contributed by atoms with E-state index in [0.717, 1.165) is 6.42 Å². The predicted octanol–water partition coefficient (Wildman–Crippen LogP) is 1.78. The van der Waals surface area contributed by atoms with E-state index in [4.69, 9.17) is 5.48 Å². The number of piperidine rings is 1. The standard InChI is InChI=1S/C9H17NO.ClH/c1-2-3-9(11)8-4-6-10-7-5-8;/h8,10H,2-7H2,1H3;1H/i6D2,7D2;. The van der Waals surface area contributed by atoms with E-state index in [2.05, 4.69) is 5.32 Å². The van der Waals surface area contributed by atoms with E-state index in [0.29, 0.717) is 6.42 Å². The van der Waals surface area contributed by atoms with Crippen molar-refractivity contribution in [1.82, 2.24) is 5.32 Å². The maximum atomic E-state index is 11.6. The first-order valence-corrected chi connectivity index (χ1v) is 4.08. The smallest absolute Gasteiger partial charge is 0.136 e. The average molecular weight is 196 g/mol. The molecule has 1 aliphatic rings. The molecule has 72 valence electrons. The Morgan fingerprint density at radius 2 is 2.17 bits per heavy atom. The lowest BCUT2D eigenvalue weighted by Gasteiger charge is -2.20. The van der Waals surface area contributed by atoms with E-state index in [-0.39, 0.29) is 31.0 Å². The minimum atomic E-state index is -1.78. The molecule has 0 aromatic heterocycles. The highest BCUT2D eigenvalue weighted by Crippen LogP contribution is 2.14. The van der Waals surface area contributed by atoms with Gasteiger partial charge in [-0.05, 0) is 32.3 Å². The summed E-state index contributed by atoms with van der Waals surface area (Å²) in [7, 11) is 0. The Kier molecular flexibility index (Phi) is 3.43. The van der Waals surface area contributed by atoms with Crippen molar-refractivity contribution >= 4 is 18.2 Å². The molecular weight excluding hydrogens is 174 g/mol. The monoisotopic (exact) mass is 195 g/mol. The third-order valence-corrected chi connectivity index (χ3v) is 1.83. The molecule has 0 atom stereocenters. The molecular formula is C9H18ClNO. The second-order valence-electron chi connectivity index (χ2n) is 2.80. The summed E-state index contributed by atoms with van der Waals surface area (Å²) in [6.45, 7) is -1.67. The van der Waals surface area contributed by atoms with Crippen LogP contribution in [-0.2, 0) is 4.79 Å². The SMILES string of the molecule is Cl.[2H]C1([2H])CC(C(=O)CCC)CC([2H])([2H])N1. The van der Waals surface area contributed by atoms with Crippen LogP contribution in [0.5, 0.6) is 0 Å². The van der Waals surface area contributed by atoms with Crippen LogP contribution in [0.4, 0.5) is 0 Å². The van der Waals surface area contributed by atoms with Gasteiger partial charge in [0.15, 0.2) is 0 Å². The number of hydrogen-bond acceptors (Lipinski definition) is 2. The van der Waals surface area contributed by atoms with Crippen LogP contribution in [0.25, 0.3) is 0 Å². The first kappa shape index (κ1) is 6.39. The Morgan fingerprint density at radius 3 is 2.67 bits per heavy atom. The summed E-state index contributed by atoms with van der Waals surface area (Å²) in [5, 5.41) is 2.27. The molecule has 0 unspecified atom stereocenters. The number of carbonyl (C=O) groups excluding carboxylic acids is 1. The summed E-state index contributed by atoms with van der Waals surface area (Å²) in [5.41, 5.74) is 0. The van der Waals surface area contributed by atoms with Crippen molar-refractivity contribution in [1.29, 1.82) is 0 Å². The number of hydrogen-bond donors (Lipinski definition) is 1. The first-order chi connectivity index (χ1) is 6.76. The number of halogens is 1. The van der Waals surface area contributed by atoms with Crippen LogP contribution in [0.15, 0.2) is 0 Å². The maximum Gasteiger partial charge on any atom is 0.136 e. The molecule has 0 saturated carbocycles. The van der Waals surface area contributed by atoms with Gasteiger partial charge in [-0.15, -0.1) is 12.4 Å². The van der Waals surface area contributed by atoms with Crippen molar-refractivity contribution in [3.8, 4) is 0 Å². The Morgan fingerprint density at radius 1 is 1.58 bits per heavy atom. The zero-order chi connectivity index (χ0) is 11.7. The molecule has 1 saturated heterocycles. The van der Waals surface area contributed by atoms with Crippen LogP contribution in [0, 0.1) is 5.92 Å². The summed E-state index contributed by atoms with van der Waals surface area (Å²) in [6, 6.07) is 0. The molecule has 0 aromatic rings. The maximum absolute atomic E-state index is 11.6. The minimum absolute atomic E-state index is 0. The summed E-state index contributed by atoms with van der Waals surface area (Å²) >= 11 is 0. The zero-order valence-corrected chi connectivity index (χ0v) is 8.04. The number of nitrogens with one attached hydrogen (secondary N) is 1. The van der Waals surface area contributed by atoms with Crippen LogP contribution in [0.1, 0.15) is 38.1 Å². The minimum Gasteiger partial charge on any atom is -0.317 e. The number of carbonyl (C=O) groups is 1. The van der Waals surface area contributed by atoms with Gasteiger partial charge in [0.05, 0.1) is 0 Å². The molecule has 12 heavy (non-hydrogen) atoms. The van der Waals surface area contributed by atoms with Crippen molar-refractivity contribution in [3.05, 3.63) is 0 Å². The second-order valence-corrected chi connectivity index (χ2v) is 2.80. The summed E-state index contributed by atoms with van der Waals surface area (Å²) in [4.78, 5) is 11.6. The van der Waals surface area contributed by atoms with Crippen molar-refractivity contribution in [2.45, 2.75) is 32.6 Å². The molecule has 1 heterocycles. The number of ketones is 1. The molecule has 1 rings (SSSR count). The van der Waals surface area contributed by atoms with Crippen molar-refractivity contribution in [3.63, 3.8) is 0 Å². The molecule has 0 aliphatic carbocycles. The molecule has 1 aliphatic heterocycles. The Balaban J connectivity index is 0.00000225. The number of Topliss-reactive ketones (excluding diaryl/α,β-unsaturated/α-hetero) is 1. The fraction of sp³-hybridized carbons (Fsp3) is 0.889. The van der Waals surface area contributed by atoms with Crippen LogP contribution in [-0.4, -0.2) is 18.8 Å². The summed E-state index contributed by atoms with van der Waals surface area (Å²) in [5.74, 6) is -0.511. The van der Waals surface area contributed by atoms with E-state index in [1.54, 1.807) is 0 Å². The average Bonchev–Trinajstić information content (AvgIpc) is 1.98. The highest BCUT2D eigenvalue weighted by Gasteiger charge is 2.19. The van der Waals surface area contributed by atoms with Gasteiger partial charge in [-0.25, -0.2) is 0 Å². The summed E-state index contributed by atoms with van der Waals surface area (Å²) < 4.78 is 30.0. The predicted molar refractivity (Wildman–Crippen MR) is 52.8 cm³/mol. The van der Waals surface area contributed by atoms with Gasteiger partial charge < -0.3 is 5.32 Å². The van der Waals surface area contributed by atoms with Gasteiger partial charge in [0, 0.05) is 17.8 Å². The van der Waals surface area contributed by atoms with Gasteiger partial charge in [-0.2, -0.15) is 0 Å². The fourth-order valence-electron chi connectivity index (χ4n) is 1.16. The van der Waals surface area contributed by atoms with E-state index < -0.39 is 18.9 Å². The molecule has 3 heteroatoms. The topological polar surface area (TPSA) is 29.1 Å². The van der Waals surface area contributed by atoms with E-state index >= 15 is 0 Å². The Labute approximate surface area is 86.1 Å². The van der Waals surface area contributed by atoms with Crippen LogP contribution in [0.3, 0.4) is 0 Å². The second kappa shape index (κ2) is 6.44. The van der Waals surface area contributed by atoms with Crippen LogP contribution in [0.2, 0.25) is 0 Å². The molecule has 2 nitrogen and oxygen atoms in total. The lowest BCUT2D eigenvalue weighted by atomic mass is 9.91. The zero-order valence-electron chi connectivity index (χ0n) is 11.2. The molecule has 0 spiro atoms. The van der Waals surface area contributed by atoms with Gasteiger partial charge in [-0.3, -0.25) is 4.79 Å².